The van der Waals surface area contributed by atoms with Gasteiger partial charge in [-0.1, -0.05) is 42.5 Å². The lowest BCUT2D eigenvalue weighted by Gasteiger charge is -2.38. The number of benzene rings is 3. The van der Waals surface area contributed by atoms with Crippen LogP contribution in [0.1, 0.15) is 22.8 Å². The first-order chi connectivity index (χ1) is 17.5. The minimum absolute atomic E-state index is 0.198. The van der Waals surface area contributed by atoms with Crippen LogP contribution in [-0.2, 0) is 11.3 Å². The molecule has 2 amide bonds. The summed E-state index contributed by atoms with van der Waals surface area (Å²) in [4.78, 5) is 30.0. The smallest absolute Gasteiger partial charge is 0.253 e. The number of methoxy groups -OCH3 is 1. The van der Waals surface area contributed by atoms with Crippen molar-refractivity contribution in [2.24, 2.45) is 0 Å². The third-order valence-corrected chi connectivity index (χ3v) is 6.41. The second-order valence-electron chi connectivity index (χ2n) is 8.65. The number of alkyl halides is 1. The number of hydrogen-bond acceptors (Lipinski definition) is 5. The molecule has 0 spiro atoms. The highest BCUT2D eigenvalue weighted by molar-refractivity contribution is 6.32. The van der Waals surface area contributed by atoms with Crippen LogP contribution in [-0.4, -0.2) is 50.5 Å². The Kier molecular flexibility index (Phi) is 8.33. The van der Waals surface area contributed by atoms with Crippen molar-refractivity contribution in [2.75, 3.05) is 48.4 Å². The van der Waals surface area contributed by atoms with Crippen molar-refractivity contribution in [3.8, 4) is 5.75 Å². The molecule has 1 saturated heterocycles. The van der Waals surface area contributed by atoms with Crippen LogP contribution in [0.3, 0.4) is 0 Å². The van der Waals surface area contributed by atoms with E-state index in [2.05, 4.69) is 26.5 Å². The molecule has 0 radical (unpaired) electrons. The average Bonchev–Trinajstić information content (AvgIpc) is 2.92. The SMILES string of the molecule is COc1ccccc1N1CCN(c2ccc(NC(=O)C(C)Cl)cc2C(=O)NCc2ccccc2)CC1. The van der Waals surface area contributed by atoms with Gasteiger partial charge in [-0.3, -0.25) is 9.59 Å². The molecule has 1 aliphatic heterocycles. The Bertz CT molecular complexity index is 1190. The van der Waals surface area contributed by atoms with Crippen molar-refractivity contribution in [1.29, 1.82) is 0 Å². The van der Waals surface area contributed by atoms with E-state index < -0.39 is 5.38 Å². The molecule has 0 saturated carbocycles. The van der Waals surface area contributed by atoms with Crippen LogP contribution in [0, 0.1) is 0 Å². The summed E-state index contributed by atoms with van der Waals surface area (Å²) < 4.78 is 5.53. The second-order valence-corrected chi connectivity index (χ2v) is 9.31. The maximum absolute atomic E-state index is 13.3. The lowest BCUT2D eigenvalue weighted by atomic mass is 10.1. The third-order valence-electron chi connectivity index (χ3n) is 6.21. The number of piperazine rings is 1. The largest absolute Gasteiger partial charge is 0.495 e. The number of halogens is 1. The summed E-state index contributed by atoms with van der Waals surface area (Å²) in [5, 5.41) is 5.13. The molecule has 4 rings (SSSR count). The van der Waals surface area contributed by atoms with Crippen molar-refractivity contribution in [3.63, 3.8) is 0 Å². The number of carbonyl (C=O) groups is 2. The van der Waals surface area contributed by atoms with E-state index >= 15 is 0 Å². The molecule has 3 aromatic rings. The maximum atomic E-state index is 13.3. The number of rotatable bonds is 8. The molecule has 3 aromatic carbocycles. The van der Waals surface area contributed by atoms with Crippen LogP contribution in [0.15, 0.2) is 72.8 Å². The molecular formula is C28H31ClN4O3. The van der Waals surface area contributed by atoms with Crippen molar-refractivity contribution in [3.05, 3.63) is 83.9 Å². The van der Waals surface area contributed by atoms with Gasteiger partial charge in [-0.05, 0) is 42.8 Å². The fourth-order valence-corrected chi connectivity index (χ4v) is 4.32. The van der Waals surface area contributed by atoms with Gasteiger partial charge in [0, 0.05) is 44.1 Å². The van der Waals surface area contributed by atoms with E-state index in [1.165, 1.54) is 0 Å². The molecular weight excluding hydrogens is 476 g/mol. The van der Waals surface area contributed by atoms with Crippen LogP contribution in [0.25, 0.3) is 0 Å². The zero-order valence-electron chi connectivity index (χ0n) is 20.5. The van der Waals surface area contributed by atoms with Crippen LogP contribution in [0.2, 0.25) is 0 Å². The van der Waals surface area contributed by atoms with Gasteiger partial charge in [-0.15, -0.1) is 11.6 Å². The quantitative estimate of drug-likeness (QED) is 0.439. The van der Waals surface area contributed by atoms with E-state index in [4.69, 9.17) is 16.3 Å². The Morgan fingerprint density at radius 3 is 2.22 bits per heavy atom. The normalized spacial score (nSPS) is 14.2. The van der Waals surface area contributed by atoms with Gasteiger partial charge in [0.05, 0.1) is 18.4 Å². The topological polar surface area (TPSA) is 73.9 Å². The summed E-state index contributed by atoms with van der Waals surface area (Å²) in [5.74, 6) is 0.335. The molecule has 1 aliphatic rings. The van der Waals surface area contributed by atoms with Crippen molar-refractivity contribution < 1.29 is 14.3 Å². The number of para-hydroxylation sites is 2. The maximum Gasteiger partial charge on any atom is 0.253 e. The van der Waals surface area contributed by atoms with Gasteiger partial charge < -0.3 is 25.2 Å². The molecule has 1 heterocycles. The van der Waals surface area contributed by atoms with Gasteiger partial charge in [0.1, 0.15) is 11.1 Å². The van der Waals surface area contributed by atoms with Gasteiger partial charge in [0.25, 0.3) is 5.91 Å². The zero-order chi connectivity index (χ0) is 25.5. The number of nitrogens with zero attached hydrogens (tertiary/aromatic N) is 2. The van der Waals surface area contributed by atoms with Crippen LogP contribution in [0.4, 0.5) is 17.1 Å². The number of ether oxygens (including phenoxy) is 1. The van der Waals surface area contributed by atoms with Crippen molar-refractivity contribution >= 4 is 40.5 Å². The number of amides is 2. The number of carbonyl (C=O) groups excluding carboxylic acids is 2. The van der Waals surface area contributed by atoms with E-state index in [9.17, 15) is 9.59 Å². The highest BCUT2D eigenvalue weighted by atomic mass is 35.5. The summed E-state index contributed by atoms with van der Waals surface area (Å²) in [6, 6.07) is 23.2. The molecule has 0 bridgehead atoms. The Balaban J connectivity index is 1.54. The molecule has 8 heteroatoms. The molecule has 188 valence electrons. The lowest BCUT2D eigenvalue weighted by Crippen LogP contribution is -2.47. The fraction of sp³-hybridized carbons (Fsp3) is 0.286. The lowest BCUT2D eigenvalue weighted by molar-refractivity contribution is -0.115. The van der Waals surface area contributed by atoms with E-state index in [0.29, 0.717) is 17.8 Å². The van der Waals surface area contributed by atoms with E-state index in [1.54, 1.807) is 20.1 Å². The second kappa shape index (κ2) is 11.8. The predicted molar refractivity (Wildman–Crippen MR) is 145 cm³/mol. The van der Waals surface area contributed by atoms with Crippen molar-refractivity contribution in [1.82, 2.24) is 5.32 Å². The molecule has 1 unspecified atom stereocenters. The van der Waals surface area contributed by atoms with E-state index in [1.807, 2.05) is 60.7 Å². The number of hydrogen-bond donors (Lipinski definition) is 2. The van der Waals surface area contributed by atoms with Crippen LogP contribution >= 0.6 is 11.6 Å². The minimum atomic E-state index is -0.678. The van der Waals surface area contributed by atoms with Gasteiger partial charge in [-0.25, -0.2) is 0 Å². The first-order valence-electron chi connectivity index (χ1n) is 12.0. The molecule has 36 heavy (non-hydrogen) atoms. The summed E-state index contributed by atoms with van der Waals surface area (Å²) >= 11 is 5.92. The summed E-state index contributed by atoms with van der Waals surface area (Å²) in [6.45, 7) is 5.07. The monoisotopic (exact) mass is 506 g/mol. The first-order valence-corrected chi connectivity index (χ1v) is 12.4. The summed E-state index contributed by atoms with van der Waals surface area (Å²) in [7, 11) is 1.68. The summed E-state index contributed by atoms with van der Waals surface area (Å²) in [5.41, 5.74) is 3.95. The summed E-state index contributed by atoms with van der Waals surface area (Å²) in [6.07, 6.45) is 0. The molecule has 1 fully saturated rings. The van der Waals surface area contributed by atoms with Crippen LogP contribution < -0.4 is 25.2 Å². The van der Waals surface area contributed by atoms with E-state index in [0.717, 1.165) is 48.9 Å². The van der Waals surface area contributed by atoms with Gasteiger partial charge >= 0.3 is 0 Å². The molecule has 2 N–H and O–H groups in total. The molecule has 0 aliphatic carbocycles. The van der Waals surface area contributed by atoms with Crippen molar-refractivity contribution in [2.45, 2.75) is 18.8 Å². The molecule has 1 atom stereocenters. The standard InChI is InChI=1S/C28H31ClN4O3/c1-20(29)27(34)31-22-12-13-24(23(18-22)28(35)30-19-21-8-4-3-5-9-21)32-14-16-33(17-15-32)25-10-6-7-11-26(25)36-2/h3-13,18,20H,14-17,19H2,1-2H3,(H,30,35)(H,31,34). The van der Waals surface area contributed by atoms with Gasteiger partial charge in [0.15, 0.2) is 0 Å². The average molecular weight is 507 g/mol. The predicted octanol–water partition coefficient (Wildman–Crippen LogP) is 4.52. The Hall–Kier alpha value is -3.71. The number of anilines is 3. The minimum Gasteiger partial charge on any atom is -0.495 e. The molecule has 0 aromatic heterocycles. The first kappa shape index (κ1) is 25.4. The molecule has 7 nitrogen and oxygen atoms in total. The third kappa shape index (κ3) is 6.10. The highest BCUT2D eigenvalue weighted by Gasteiger charge is 2.24. The van der Waals surface area contributed by atoms with Crippen LogP contribution in [0.5, 0.6) is 5.75 Å². The Morgan fingerprint density at radius 1 is 0.917 bits per heavy atom. The Labute approximate surface area is 217 Å². The zero-order valence-corrected chi connectivity index (χ0v) is 21.3. The Morgan fingerprint density at radius 2 is 1.56 bits per heavy atom. The van der Waals surface area contributed by atoms with Gasteiger partial charge in [0.2, 0.25) is 5.91 Å². The highest BCUT2D eigenvalue weighted by Crippen LogP contribution is 2.31. The van der Waals surface area contributed by atoms with E-state index in [-0.39, 0.29) is 11.8 Å². The number of nitrogens with one attached hydrogen (secondary N) is 2. The fourth-order valence-electron chi connectivity index (χ4n) is 4.27. The van der Waals surface area contributed by atoms with Gasteiger partial charge in [-0.2, -0.15) is 0 Å².